The Bertz CT molecular complexity index is 544. The Morgan fingerprint density at radius 1 is 1.36 bits per heavy atom. The summed E-state index contributed by atoms with van der Waals surface area (Å²) in [6.07, 6.45) is 3.53. The third kappa shape index (κ3) is 3.84. The van der Waals surface area contributed by atoms with Gasteiger partial charge in [0, 0.05) is 19.0 Å². The van der Waals surface area contributed by atoms with E-state index < -0.39 is 0 Å². The molecule has 2 aliphatic rings. The van der Waals surface area contributed by atoms with Crippen LogP contribution in [0.4, 0.5) is 0 Å². The summed E-state index contributed by atoms with van der Waals surface area (Å²) in [7, 11) is 0. The van der Waals surface area contributed by atoms with Gasteiger partial charge in [-0.1, -0.05) is 11.6 Å². The molecule has 3 rings (SSSR count). The van der Waals surface area contributed by atoms with Crippen LogP contribution in [0.25, 0.3) is 0 Å². The van der Waals surface area contributed by atoms with Gasteiger partial charge in [0.2, 0.25) is 5.91 Å². The zero-order valence-electron chi connectivity index (χ0n) is 12.5. The second-order valence-corrected chi connectivity index (χ2v) is 6.11. The smallest absolute Gasteiger partial charge is 0.221 e. The first kappa shape index (κ1) is 15.4. The molecule has 0 saturated carbocycles. The SMILES string of the molecule is O=C(CC1CCCN1)NCCc1cc(Cl)c2c(c1)OCCO2. The molecule has 1 amide bonds. The van der Waals surface area contributed by atoms with Gasteiger partial charge in [0.15, 0.2) is 11.5 Å². The largest absolute Gasteiger partial charge is 0.486 e. The lowest BCUT2D eigenvalue weighted by Crippen LogP contribution is -2.32. The standard InChI is InChI=1S/C16H21ClN2O3/c17-13-8-11(9-14-16(13)22-7-6-21-14)3-5-19-15(20)10-12-2-1-4-18-12/h8-9,12,18H,1-7,10H2,(H,19,20). The van der Waals surface area contributed by atoms with Gasteiger partial charge >= 0.3 is 0 Å². The average Bonchev–Trinajstić information content (AvgIpc) is 3.00. The molecule has 1 aromatic carbocycles. The Morgan fingerprint density at radius 2 is 2.23 bits per heavy atom. The van der Waals surface area contributed by atoms with Gasteiger partial charge in [-0.05, 0) is 43.5 Å². The van der Waals surface area contributed by atoms with Crippen molar-refractivity contribution >= 4 is 17.5 Å². The minimum absolute atomic E-state index is 0.100. The van der Waals surface area contributed by atoms with E-state index in [1.54, 1.807) is 0 Å². The highest BCUT2D eigenvalue weighted by atomic mass is 35.5. The Morgan fingerprint density at radius 3 is 3.05 bits per heavy atom. The monoisotopic (exact) mass is 324 g/mol. The summed E-state index contributed by atoms with van der Waals surface area (Å²) in [6.45, 7) is 2.68. The van der Waals surface area contributed by atoms with Crippen LogP contribution in [0.5, 0.6) is 11.5 Å². The predicted octanol–water partition coefficient (Wildman–Crippen LogP) is 1.91. The number of carbonyl (C=O) groups is 1. The lowest BCUT2D eigenvalue weighted by atomic mass is 10.1. The van der Waals surface area contributed by atoms with Crippen LogP contribution in [0.1, 0.15) is 24.8 Å². The van der Waals surface area contributed by atoms with Crippen LogP contribution in [0.2, 0.25) is 5.02 Å². The molecule has 0 radical (unpaired) electrons. The number of fused-ring (bicyclic) bond motifs is 1. The molecule has 22 heavy (non-hydrogen) atoms. The lowest BCUT2D eigenvalue weighted by Gasteiger charge is -2.20. The number of hydrogen-bond acceptors (Lipinski definition) is 4. The Hall–Kier alpha value is -1.46. The Labute approximate surface area is 135 Å². The van der Waals surface area contributed by atoms with Crippen molar-refractivity contribution in [3.63, 3.8) is 0 Å². The van der Waals surface area contributed by atoms with E-state index >= 15 is 0 Å². The maximum Gasteiger partial charge on any atom is 0.221 e. The molecule has 0 aromatic heterocycles. The van der Waals surface area contributed by atoms with E-state index in [-0.39, 0.29) is 5.91 Å². The molecule has 0 spiro atoms. The summed E-state index contributed by atoms with van der Waals surface area (Å²) in [5, 5.41) is 6.86. The zero-order chi connectivity index (χ0) is 15.4. The minimum Gasteiger partial charge on any atom is -0.486 e. The normalized spacial score (nSPS) is 20.0. The number of halogens is 1. The van der Waals surface area contributed by atoms with Crippen molar-refractivity contribution in [3.05, 3.63) is 22.7 Å². The van der Waals surface area contributed by atoms with Crippen LogP contribution in [0, 0.1) is 0 Å². The highest BCUT2D eigenvalue weighted by molar-refractivity contribution is 6.32. The maximum atomic E-state index is 11.9. The second-order valence-electron chi connectivity index (χ2n) is 5.70. The number of ether oxygens (including phenoxy) is 2. The molecule has 1 fully saturated rings. The molecule has 0 bridgehead atoms. The fourth-order valence-corrected chi connectivity index (χ4v) is 3.17. The van der Waals surface area contributed by atoms with E-state index in [1.807, 2.05) is 12.1 Å². The molecule has 2 heterocycles. The van der Waals surface area contributed by atoms with Gasteiger partial charge in [-0.3, -0.25) is 4.79 Å². The van der Waals surface area contributed by atoms with Crippen LogP contribution in [-0.4, -0.2) is 38.3 Å². The minimum atomic E-state index is 0.100. The molecule has 0 aliphatic carbocycles. The van der Waals surface area contributed by atoms with Crippen LogP contribution in [-0.2, 0) is 11.2 Å². The molecular weight excluding hydrogens is 304 g/mol. The van der Waals surface area contributed by atoms with Crippen LogP contribution in [0.15, 0.2) is 12.1 Å². The number of benzene rings is 1. The second kappa shape index (κ2) is 7.20. The van der Waals surface area contributed by atoms with E-state index in [4.69, 9.17) is 21.1 Å². The molecule has 5 nitrogen and oxygen atoms in total. The fourth-order valence-electron chi connectivity index (χ4n) is 2.88. The number of hydrogen-bond donors (Lipinski definition) is 2. The lowest BCUT2D eigenvalue weighted by molar-refractivity contribution is -0.121. The van der Waals surface area contributed by atoms with Gasteiger partial charge in [-0.25, -0.2) is 0 Å². The highest BCUT2D eigenvalue weighted by Gasteiger charge is 2.18. The predicted molar refractivity (Wildman–Crippen MR) is 84.8 cm³/mol. The number of rotatable bonds is 5. The third-order valence-corrected chi connectivity index (χ3v) is 4.27. The fraction of sp³-hybridized carbons (Fsp3) is 0.562. The van der Waals surface area contributed by atoms with Gasteiger partial charge in [-0.15, -0.1) is 0 Å². The van der Waals surface area contributed by atoms with Crippen molar-refractivity contribution in [2.75, 3.05) is 26.3 Å². The third-order valence-electron chi connectivity index (χ3n) is 3.99. The number of amides is 1. The zero-order valence-corrected chi connectivity index (χ0v) is 13.2. The Kier molecular flexibility index (Phi) is 5.05. The van der Waals surface area contributed by atoms with Crippen LogP contribution >= 0.6 is 11.6 Å². The van der Waals surface area contributed by atoms with Gasteiger partial charge in [0.25, 0.3) is 0 Å². The molecule has 6 heteroatoms. The first-order chi connectivity index (χ1) is 10.7. The summed E-state index contributed by atoms with van der Waals surface area (Å²) >= 11 is 6.20. The van der Waals surface area contributed by atoms with Crippen molar-refractivity contribution in [2.45, 2.75) is 31.7 Å². The molecule has 1 aromatic rings. The van der Waals surface area contributed by atoms with E-state index in [0.29, 0.717) is 48.7 Å². The molecule has 2 aliphatic heterocycles. The molecule has 1 unspecified atom stereocenters. The van der Waals surface area contributed by atoms with Crippen LogP contribution in [0.3, 0.4) is 0 Å². The topological polar surface area (TPSA) is 59.6 Å². The first-order valence-electron chi connectivity index (χ1n) is 7.80. The summed E-state index contributed by atoms with van der Waals surface area (Å²) in [4.78, 5) is 11.9. The summed E-state index contributed by atoms with van der Waals surface area (Å²) < 4.78 is 11.0. The maximum absolute atomic E-state index is 11.9. The average molecular weight is 325 g/mol. The van der Waals surface area contributed by atoms with Gasteiger partial charge in [-0.2, -0.15) is 0 Å². The van der Waals surface area contributed by atoms with Crippen molar-refractivity contribution in [3.8, 4) is 11.5 Å². The van der Waals surface area contributed by atoms with Crippen molar-refractivity contribution in [1.82, 2.24) is 10.6 Å². The summed E-state index contributed by atoms with van der Waals surface area (Å²) in [6, 6.07) is 4.15. The van der Waals surface area contributed by atoms with E-state index in [2.05, 4.69) is 10.6 Å². The molecule has 120 valence electrons. The Balaban J connectivity index is 1.49. The highest BCUT2D eigenvalue weighted by Crippen LogP contribution is 2.38. The van der Waals surface area contributed by atoms with Gasteiger partial charge in [0.05, 0.1) is 5.02 Å². The molecular formula is C16H21ClN2O3. The van der Waals surface area contributed by atoms with E-state index in [1.165, 1.54) is 0 Å². The van der Waals surface area contributed by atoms with Crippen LogP contribution < -0.4 is 20.1 Å². The van der Waals surface area contributed by atoms with Crippen molar-refractivity contribution in [1.29, 1.82) is 0 Å². The summed E-state index contributed by atoms with van der Waals surface area (Å²) in [5.41, 5.74) is 1.04. The van der Waals surface area contributed by atoms with Crippen molar-refractivity contribution in [2.24, 2.45) is 0 Å². The van der Waals surface area contributed by atoms with E-state index in [0.717, 1.165) is 31.4 Å². The van der Waals surface area contributed by atoms with Gasteiger partial charge in [0.1, 0.15) is 13.2 Å². The van der Waals surface area contributed by atoms with E-state index in [9.17, 15) is 4.79 Å². The van der Waals surface area contributed by atoms with Crippen molar-refractivity contribution < 1.29 is 14.3 Å². The summed E-state index contributed by atoms with van der Waals surface area (Å²) in [5.74, 6) is 1.41. The molecule has 1 atom stereocenters. The first-order valence-corrected chi connectivity index (χ1v) is 8.18. The molecule has 2 N–H and O–H groups in total. The number of nitrogens with one attached hydrogen (secondary N) is 2. The van der Waals surface area contributed by atoms with Gasteiger partial charge < -0.3 is 20.1 Å². The molecule has 1 saturated heterocycles. The number of carbonyl (C=O) groups excluding carboxylic acids is 1. The quantitative estimate of drug-likeness (QED) is 0.868.